The van der Waals surface area contributed by atoms with Crippen LogP contribution in [0.25, 0.3) is 0 Å². The first kappa shape index (κ1) is 16.8. The van der Waals surface area contributed by atoms with Crippen LogP contribution in [0.4, 0.5) is 5.69 Å². The minimum atomic E-state index is 0.647. The van der Waals surface area contributed by atoms with Crippen LogP contribution in [-0.2, 0) is 6.54 Å². The molecule has 1 atom stereocenters. The average molecular weight is 353 g/mol. The molecule has 0 radical (unpaired) electrons. The third kappa shape index (κ3) is 5.00. The van der Waals surface area contributed by atoms with Gasteiger partial charge in [-0.15, -0.1) is 0 Å². The van der Waals surface area contributed by atoms with Gasteiger partial charge in [0.2, 0.25) is 0 Å². The van der Waals surface area contributed by atoms with E-state index in [1.54, 1.807) is 0 Å². The molecule has 1 N–H and O–H groups in total. The molecule has 2 nitrogen and oxygen atoms in total. The molecule has 1 aromatic rings. The van der Waals surface area contributed by atoms with Crippen LogP contribution in [0.3, 0.4) is 0 Å². The van der Waals surface area contributed by atoms with E-state index in [1.807, 2.05) is 0 Å². The van der Waals surface area contributed by atoms with Crippen LogP contribution in [0.1, 0.15) is 52.0 Å². The van der Waals surface area contributed by atoms with Crippen molar-refractivity contribution in [2.24, 2.45) is 5.92 Å². The molecule has 1 saturated heterocycles. The molecule has 21 heavy (non-hydrogen) atoms. The van der Waals surface area contributed by atoms with E-state index in [0.29, 0.717) is 12.0 Å². The van der Waals surface area contributed by atoms with Crippen LogP contribution in [0.15, 0.2) is 22.7 Å². The van der Waals surface area contributed by atoms with Crippen LogP contribution in [0.5, 0.6) is 0 Å². The molecule has 0 saturated carbocycles. The van der Waals surface area contributed by atoms with Gasteiger partial charge in [-0.25, -0.2) is 0 Å². The lowest BCUT2D eigenvalue weighted by Crippen LogP contribution is -2.32. The SMILES string of the molecule is CC(C)CNCc1ccc(N2CCCCCC2C)c(Br)c1. The zero-order valence-electron chi connectivity index (χ0n) is 13.7. The van der Waals surface area contributed by atoms with E-state index in [-0.39, 0.29) is 0 Å². The predicted octanol–water partition coefficient (Wildman–Crippen LogP) is 4.96. The molecule has 1 fully saturated rings. The molecule has 1 aliphatic heterocycles. The Kier molecular flexibility index (Phi) is 6.56. The Bertz CT molecular complexity index is 445. The fraction of sp³-hybridized carbons (Fsp3) is 0.667. The van der Waals surface area contributed by atoms with E-state index in [2.05, 4.69) is 65.1 Å². The van der Waals surface area contributed by atoms with E-state index in [4.69, 9.17) is 0 Å². The first-order valence-electron chi connectivity index (χ1n) is 8.33. The molecule has 0 aromatic heterocycles. The van der Waals surface area contributed by atoms with Gasteiger partial charge in [-0.05, 0) is 65.9 Å². The zero-order valence-corrected chi connectivity index (χ0v) is 15.2. The highest BCUT2D eigenvalue weighted by Gasteiger charge is 2.19. The van der Waals surface area contributed by atoms with Crippen LogP contribution in [-0.4, -0.2) is 19.1 Å². The monoisotopic (exact) mass is 352 g/mol. The maximum absolute atomic E-state index is 3.79. The molecular weight excluding hydrogens is 324 g/mol. The highest BCUT2D eigenvalue weighted by atomic mass is 79.9. The van der Waals surface area contributed by atoms with Crippen molar-refractivity contribution in [1.29, 1.82) is 0 Å². The quantitative estimate of drug-likeness (QED) is 0.805. The highest BCUT2D eigenvalue weighted by Crippen LogP contribution is 2.31. The number of anilines is 1. The van der Waals surface area contributed by atoms with Gasteiger partial charge in [-0.3, -0.25) is 0 Å². The molecule has 3 heteroatoms. The molecule has 118 valence electrons. The number of halogens is 1. The van der Waals surface area contributed by atoms with Crippen molar-refractivity contribution in [2.75, 3.05) is 18.0 Å². The lowest BCUT2D eigenvalue weighted by atomic mass is 10.1. The van der Waals surface area contributed by atoms with Gasteiger partial charge in [-0.1, -0.05) is 32.8 Å². The van der Waals surface area contributed by atoms with Gasteiger partial charge >= 0.3 is 0 Å². The first-order valence-corrected chi connectivity index (χ1v) is 9.13. The van der Waals surface area contributed by atoms with Gasteiger partial charge in [0.05, 0.1) is 5.69 Å². The van der Waals surface area contributed by atoms with Gasteiger partial charge in [0.15, 0.2) is 0 Å². The maximum atomic E-state index is 3.79. The summed E-state index contributed by atoms with van der Waals surface area (Å²) in [7, 11) is 0. The molecular formula is C18H29BrN2. The van der Waals surface area contributed by atoms with Crippen LogP contribution >= 0.6 is 15.9 Å². The maximum Gasteiger partial charge on any atom is 0.0513 e. The second kappa shape index (κ2) is 8.19. The molecule has 1 unspecified atom stereocenters. The molecule has 1 aromatic carbocycles. The predicted molar refractivity (Wildman–Crippen MR) is 96.0 cm³/mol. The topological polar surface area (TPSA) is 15.3 Å². The summed E-state index contributed by atoms with van der Waals surface area (Å²) in [5.41, 5.74) is 2.71. The van der Waals surface area contributed by atoms with E-state index in [9.17, 15) is 0 Å². The van der Waals surface area contributed by atoms with E-state index < -0.39 is 0 Å². The van der Waals surface area contributed by atoms with Crippen LogP contribution < -0.4 is 10.2 Å². The Morgan fingerprint density at radius 3 is 2.81 bits per heavy atom. The van der Waals surface area contributed by atoms with Gasteiger partial charge in [0.1, 0.15) is 0 Å². The Labute approximate surface area is 138 Å². The fourth-order valence-corrected chi connectivity index (χ4v) is 3.69. The van der Waals surface area contributed by atoms with Crippen molar-refractivity contribution >= 4 is 21.6 Å². The van der Waals surface area contributed by atoms with Gasteiger partial charge in [0, 0.05) is 23.6 Å². The number of rotatable bonds is 5. The van der Waals surface area contributed by atoms with Crippen molar-refractivity contribution in [3.05, 3.63) is 28.2 Å². The molecule has 2 rings (SSSR count). The Morgan fingerprint density at radius 2 is 2.10 bits per heavy atom. The summed E-state index contributed by atoms with van der Waals surface area (Å²) in [6, 6.07) is 7.48. The molecule has 0 bridgehead atoms. The lowest BCUT2D eigenvalue weighted by Gasteiger charge is -2.30. The summed E-state index contributed by atoms with van der Waals surface area (Å²) in [6.45, 7) is 10.1. The normalized spacial score (nSPS) is 19.9. The minimum absolute atomic E-state index is 0.647. The van der Waals surface area contributed by atoms with E-state index >= 15 is 0 Å². The minimum Gasteiger partial charge on any atom is -0.368 e. The summed E-state index contributed by atoms with van der Waals surface area (Å²) in [5.74, 6) is 0.700. The van der Waals surface area contributed by atoms with E-state index in [1.165, 1.54) is 48.0 Å². The number of nitrogens with zero attached hydrogens (tertiary/aromatic N) is 1. The highest BCUT2D eigenvalue weighted by molar-refractivity contribution is 9.10. The molecule has 0 aliphatic carbocycles. The average Bonchev–Trinajstić information content (AvgIpc) is 2.63. The lowest BCUT2D eigenvalue weighted by molar-refractivity contribution is 0.552. The summed E-state index contributed by atoms with van der Waals surface area (Å²) < 4.78 is 1.24. The fourth-order valence-electron chi connectivity index (χ4n) is 3.03. The Morgan fingerprint density at radius 1 is 1.29 bits per heavy atom. The summed E-state index contributed by atoms with van der Waals surface area (Å²) in [5, 5.41) is 3.51. The third-order valence-corrected chi connectivity index (χ3v) is 4.89. The molecule has 1 aliphatic rings. The first-order chi connectivity index (χ1) is 10.1. The van der Waals surface area contributed by atoms with Crippen molar-refractivity contribution in [3.8, 4) is 0 Å². The van der Waals surface area contributed by atoms with Gasteiger partial charge in [-0.2, -0.15) is 0 Å². The van der Waals surface area contributed by atoms with Crippen molar-refractivity contribution in [2.45, 2.75) is 59.0 Å². The van der Waals surface area contributed by atoms with Crippen molar-refractivity contribution in [1.82, 2.24) is 5.32 Å². The Hall–Kier alpha value is -0.540. The zero-order chi connectivity index (χ0) is 15.2. The van der Waals surface area contributed by atoms with Crippen LogP contribution in [0, 0.1) is 5.92 Å². The number of hydrogen-bond acceptors (Lipinski definition) is 2. The van der Waals surface area contributed by atoms with Gasteiger partial charge < -0.3 is 10.2 Å². The molecule has 1 heterocycles. The summed E-state index contributed by atoms with van der Waals surface area (Å²) in [4.78, 5) is 2.57. The van der Waals surface area contributed by atoms with E-state index in [0.717, 1.165) is 13.1 Å². The van der Waals surface area contributed by atoms with Crippen LogP contribution in [0.2, 0.25) is 0 Å². The van der Waals surface area contributed by atoms with Crippen molar-refractivity contribution in [3.63, 3.8) is 0 Å². The number of benzene rings is 1. The number of nitrogens with one attached hydrogen (secondary N) is 1. The third-order valence-electron chi connectivity index (χ3n) is 4.26. The molecule has 0 amide bonds. The second-order valence-electron chi connectivity index (χ2n) is 6.70. The molecule has 0 spiro atoms. The van der Waals surface area contributed by atoms with Gasteiger partial charge in [0.25, 0.3) is 0 Å². The standard InChI is InChI=1S/C18H29BrN2/c1-14(2)12-20-13-16-8-9-18(17(19)11-16)21-10-6-4-5-7-15(21)3/h8-9,11,14-15,20H,4-7,10,12-13H2,1-3H3. The smallest absolute Gasteiger partial charge is 0.0513 e. The Balaban J connectivity index is 2.04. The number of hydrogen-bond donors (Lipinski definition) is 1. The van der Waals surface area contributed by atoms with Crippen molar-refractivity contribution < 1.29 is 0 Å². The summed E-state index contributed by atoms with van der Waals surface area (Å²) >= 11 is 3.79. The summed E-state index contributed by atoms with van der Waals surface area (Å²) in [6.07, 6.45) is 5.36. The largest absolute Gasteiger partial charge is 0.368 e. The second-order valence-corrected chi connectivity index (χ2v) is 7.56.